The van der Waals surface area contributed by atoms with Gasteiger partial charge >= 0.3 is 0 Å². The normalized spacial score (nSPS) is 12.8. The van der Waals surface area contributed by atoms with Crippen LogP contribution in [0.4, 0.5) is 0 Å². The highest BCUT2D eigenvalue weighted by atomic mass is 16.5. The molecular weight excluding hydrogens is 398 g/mol. The van der Waals surface area contributed by atoms with Crippen molar-refractivity contribution in [2.45, 2.75) is 19.6 Å². The summed E-state index contributed by atoms with van der Waals surface area (Å²) in [6.07, 6.45) is 1.87. The first-order valence-corrected chi connectivity index (χ1v) is 9.91. The highest BCUT2D eigenvalue weighted by Crippen LogP contribution is 2.33. The van der Waals surface area contributed by atoms with Crippen LogP contribution in [0.25, 0.3) is 0 Å². The van der Waals surface area contributed by atoms with Gasteiger partial charge in [-0.2, -0.15) is 0 Å². The fourth-order valence-electron chi connectivity index (χ4n) is 3.56. The summed E-state index contributed by atoms with van der Waals surface area (Å²) in [4.78, 5) is 27.0. The highest BCUT2D eigenvalue weighted by Gasteiger charge is 2.25. The lowest BCUT2D eigenvalue weighted by Gasteiger charge is -2.29. The van der Waals surface area contributed by atoms with E-state index in [1.54, 1.807) is 19.1 Å². The average Bonchev–Trinajstić information content (AvgIpc) is 2.82. The Hall–Kier alpha value is -3.74. The zero-order valence-electron chi connectivity index (χ0n) is 17.4. The van der Waals surface area contributed by atoms with E-state index >= 15 is 0 Å². The Bertz CT molecular complexity index is 1140. The van der Waals surface area contributed by atoms with Crippen molar-refractivity contribution in [3.8, 4) is 17.2 Å². The summed E-state index contributed by atoms with van der Waals surface area (Å²) in [5.41, 5.74) is 2.62. The van der Waals surface area contributed by atoms with Crippen LogP contribution in [0.15, 0.2) is 64.0 Å². The van der Waals surface area contributed by atoms with Gasteiger partial charge in [0, 0.05) is 19.2 Å². The number of ether oxygens (including phenoxy) is 3. The second-order valence-electron chi connectivity index (χ2n) is 7.20. The van der Waals surface area contributed by atoms with Crippen molar-refractivity contribution in [1.82, 2.24) is 4.90 Å². The van der Waals surface area contributed by atoms with Crippen LogP contribution in [0.3, 0.4) is 0 Å². The van der Waals surface area contributed by atoms with Gasteiger partial charge in [-0.05, 0) is 35.2 Å². The van der Waals surface area contributed by atoms with E-state index in [1.165, 1.54) is 12.3 Å². The van der Waals surface area contributed by atoms with Crippen molar-refractivity contribution in [2.75, 3.05) is 20.8 Å². The summed E-state index contributed by atoms with van der Waals surface area (Å²) < 4.78 is 21.7. The first-order valence-electron chi connectivity index (χ1n) is 9.91. The molecule has 0 N–H and O–H groups in total. The SMILES string of the molecule is COc1cc2c(cc1OC)CN(C(=O)c1cc(=O)c(OCc3ccccc3)co1)CC2. The molecule has 31 heavy (non-hydrogen) atoms. The van der Waals surface area contributed by atoms with E-state index in [0.717, 1.165) is 16.7 Å². The second-order valence-corrected chi connectivity index (χ2v) is 7.20. The molecule has 2 aromatic carbocycles. The monoisotopic (exact) mass is 421 g/mol. The van der Waals surface area contributed by atoms with Gasteiger partial charge in [0.15, 0.2) is 17.3 Å². The van der Waals surface area contributed by atoms with Gasteiger partial charge in [0.05, 0.1) is 14.2 Å². The molecule has 1 aromatic heterocycles. The number of hydrogen-bond acceptors (Lipinski definition) is 6. The Morgan fingerprint density at radius 2 is 1.71 bits per heavy atom. The number of carbonyl (C=O) groups is 1. The molecule has 2 heterocycles. The van der Waals surface area contributed by atoms with E-state index in [4.69, 9.17) is 18.6 Å². The lowest BCUT2D eigenvalue weighted by atomic mass is 9.98. The van der Waals surface area contributed by atoms with E-state index in [-0.39, 0.29) is 24.0 Å². The molecule has 3 aromatic rings. The molecule has 0 bridgehead atoms. The third-order valence-electron chi connectivity index (χ3n) is 5.25. The number of fused-ring (bicyclic) bond motifs is 1. The van der Waals surface area contributed by atoms with E-state index in [1.807, 2.05) is 42.5 Å². The third-order valence-corrected chi connectivity index (χ3v) is 5.25. The summed E-state index contributed by atoms with van der Waals surface area (Å²) >= 11 is 0. The molecule has 0 unspecified atom stereocenters. The van der Waals surface area contributed by atoms with E-state index in [9.17, 15) is 9.59 Å². The molecule has 160 valence electrons. The fraction of sp³-hybridized carbons (Fsp3) is 0.250. The van der Waals surface area contributed by atoms with Crippen molar-refractivity contribution in [2.24, 2.45) is 0 Å². The van der Waals surface area contributed by atoms with Crippen LogP contribution in [-0.2, 0) is 19.6 Å². The number of rotatable bonds is 6. The van der Waals surface area contributed by atoms with Crippen LogP contribution in [-0.4, -0.2) is 31.6 Å². The summed E-state index contributed by atoms with van der Waals surface area (Å²) in [7, 11) is 3.17. The van der Waals surface area contributed by atoms with Gasteiger partial charge in [-0.15, -0.1) is 0 Å². The molecule has 1 aliphatic heterocycles. The first kappa shape index (κ1) is 20.5. The molecule has 7 nitrogen and oxygen atoms in total. The van der Waals surface area contributed by atoms with Gasteiger partial charge in [-0.25, -0.2) is 0 Å². The minimum absolute atomic E-state index is 0.0130. The predicted molar refractivity (Wildman–Crippen MR) is 114 cm³/mol. The summed E-state index contributed by atoms with van der Waals surface area (Å²) in [5, 5.41) is 0. The third kappa shape index (κ3) is 4.40. The Balaban J connectivity index is 1.47. The van der Waals surface area contributed by atoms with Gasteiger partial charge in [0.2, 0.25) is 11.2 Å². The Morgan fingerprint density at radius 1 is 1.00 bits per heavy atom. The van der Waals surface area contributed by atoms with Crippen LogP contribution in [0, 0.1) is 0 Å². The summed E-state index contributed by atoms with van der Waals surface area (Å²) in [6, 6.07) is 14.5. The molecule has 4 rings (SSSR count). The molecule has 0 saturated heterocycles. The Kier molecular flexibility index (Phi) is 5.93. The van der Waals surface area contributed by atoms with Crippen LogP contribution < -0.4 is 19.6 Å². The molecule has 0 spiro atoms. The number of benzene rings is 2. The quantitative estimate of drug-likeness (QED) is 0.607. The van der Waals surface area contributed by atoms with Crippen molar-refractivity contribution in [1.29, 1.82) is 0 Å². The van der Waals surface area contributed by atoms with Gasteiger partial charge in [-0.3, -0.25) is 9.59 Å². The van der Waals surface area contributed by atoms with Gasteiger partial charge in [-0.1, -0.05) is 30.3 Å². The predicted octanol–water partition coefficient (Wildman–Crippen LogP) is 3.43. The molecule has 0 radical (unpaired) electrons. The number of hydrogen-bond donors (Lipinski definition) is 0. The van der Waals surface area contributed by atoms with Gasteiger partial charge in [0.1, 0.15) is 12.9 Å². The molecule has 7 heteroatoms. The molecule has 0 fully saturated rings. The maximum atomic E-state index is 12.9. The summed E-state index contributed by atoms with van der Waals surface area (Å²) in [6.45, 7) is 1.15. The van der Waals surface area contributed by atoms with Crippen molar-refractivity contribution < 1.29 is 23.4 Å². The average molecular weight is 421 g/mol. The minimum Gasteiger partial charge on any atom is -0.493 e. The van der Waals surface area contributed by atoms with Crippen LogP contribution in [0.5, 0.6) is 17.2 Å². The molecule has 0 saturated carbocycles. The smallest absolute Gasteiger partial charge is 0.290 e. The zero-order chi connectivity index (χ0) is 21.8. The van der Waals surface area contributed by atoms with Crippen LogP contribution >= 0.6 is 0 Å². The van der Waals surface area contributed by atoms with E-state index in [0.29, 0.717) is 31.0 Å². The molecule has 0 aliphatic carbocycles. The lowest BCUT2D eigenvalue weighted by Crippen LogP contribution is -2.36. The molecule has 1 aliphatic rings. The van der Waals surface area contributed by atoms with Crippen LogP contribution in [0.2, 0.25) is 0 Å². The molecule has 1 amide bonds. The second kappa shape index (κ2) is 8.95. The number of nitrogens with zero attached hydrogens (tertiary/aromatic N) is 1. The highest BCUT2D eigenvalue weighted by molar-refractivity contribution is 5.91. The van der Waals surface area contributed by atoms with Crippen molar-refractivity contribution in [3.05, 3.63) is 87.5 Å². The zero-order valence-corrected chi connectivity index (χ0v) is 17.4. The van der Waals surface area contributed by atoms with Crippen molar-refractivity contribution in [3.63, 3.8) is 0 Å². The number of methoxy groups -OCH3 is 2. The molecule has 0 atom stereocenters. The largest absolute Gasteiger partial charge is 0.493 e. The van der Waals surface area contributed by atoms with Gasteiger partial charge in [0.25, 0.3) is 5.91 Å². The maximum Gasteiger partial charge on any atom is 0.290 e. The van der Waals surface area contributed by atoms with E-state index in [2.05, 4.69) is 0 Å². The fourth-order valence-corrected chi connectivity index (χ4v) is 3.56. The Morgan fingerprint density at radius 3 is 2.39 bits per heavy atom. The topological polar surface area (TPSA) is 78.2 Å². The molecular formula is C24H23NO6. The maximum absolute atomic E-state index is 12.9. The van der Waals surface area contributed by atoms with Crippen molar-refractivity contribution >= 4 is 5.91 Å². The van der Waals surface area contributed by atoms with Gasteiger partial charge < -0.3 is 23.5 Å². The lowest BCUT2D eigenvalue weighted by molar-refractivity contribution is 0.0698. The Labute approximate surface area is 179 Å². The number of amides is 1. The first-order chi connectivity index (χ1) is 15.1. The van der Waals surface area contributed by atoms with Crippen LogP contribution in [0.1, 0.15) is 27.2 Å². The number of carbonyl (C=O) groups excluding carboxylic acids is 1. The van der Waals surface area contributed by atoms with E-state index < -0.39 is 5.43 Å². The minimum atomic E-state index is -0.394. The summed E-state index contributed by atoms with van der Waals surface area (Å²) in [5.74, 6) is 0.995. The standard InChI is InChI=1S/C24H23NO6/c1-28-20-10-17-8-9-25(13-18(17)11-21(20)29-2)24(27)22-12-19(26)23(15-31-22)30-14-16-6-4-3-5-7-16/h3-7,10-12,15H,8-9,13-14H2,1-2H3.